The monoisotopic (exact) mass is 520 g/mol. The Morgan fingerprint density at radius 1 is 0.892 bits per heavy atom. The fourth-order valence-electron chi connectivity index (χ4n) is 4.11. The molecule has 0 fully saturated rings. The average Bonchev–Trinajstić information content (AvgIpc) is 2.83. The number of amides is 2. The summed E-state index contributed by atoms with van der Waals surface area (Å²) < 4.78 is 4.90. The Balaban J connectivity index is 2.93. The van der Waals surface area contributed by atoms with Crippen molar-refractivity contribution < 1.29 is 24.2 Å². The standard InChI is InChI=1S/C28H48N4O5/c1-17(2)13-21(29)24(33)16-30-22(14-18(3)4)26(34)32-25(19(5)6)27(35)31-23(28(36)37-7)15-20-11-9-8-10-12-20/h8-12,17-19,21-25,30,33H,13-16,29H2,1-7H3,(H,31,35)(H,32,34)/t21-,22-,23-,24?,25-/m0/s1. The number of esters is 1. The van der Waals surface area contributed by atoms with Crippen LogP contribution in [0, 0.1) is 17.8 Å². The van der Waals surface area contributed by atoms with Gasteiger partial charge in [0.15, 0.2) is 0 Å². The lowest BCUT2D eigenvalue weighted by atomic mass is 9.98. The lowest BCUT2D eigenvalue weighted by Gasteiger charge is -2.28. The Kier molecular flexibility index (Phi) is 14.4. The average molecular weight is 521 g/mol. The number of nitrogens with two attached hydrogens (primary N) is 1. The predicted octanol–water partition coefficient (Wildman–Crippen LogP) is 1.77. The molecule has 1 rings (SSSR count). The third kappa shape index (κ3) is 12.1. The molecule has 0 aliphatic carbocycles. The molecule has 0 heterocycles. The third-order valence-electron chi connectivity index (χ3n) is 6.17. The summed E-state index contributed by atoms with van der Waals surface area (Å²) in [5.74, 6) is -1.05. The van der Waals surface area contributed by atoms with Crippen LogP contribution in [-0.2, 0) is 25.5 Å². The molecule has 2 amide bonds. The first-order valence-electron chi connectivity index (χ1n) is 13.2. The maximum atomic E-state index is 13.3. The second kappa shape index (κ2) is 16.4. The van der Waals surface area contributed by atoms with E-state index in [0.29, 0.717) is 18.8 Å². The summed E-state index contributed by atoms with van der Waals surface area (Å²) in [4.78, 5) is 38.9. The number of methoxy groups -OCH3 is 1. The zero-order chi connectivity index (χ0) is 28.1. The second-order valence-electron chi connectivity index (χ2n) is 11.0. The van der Waals surface area contributed by atoms with E-state index in [0.717, 1.165) is 5.56 Å². The molecule has 1 aromatic rings. The van der Waals surface area contributed by atoms with E-state index in [1.807, 2.05) is 71.9 Å². The van der Waals surface area contributed by atoms with E-state index < -0.39 is 42.1 Å². The lowest BCUT2D eigenvalue weighted by molar-refractivity contribution is -0.145. The van der Waals surface area contributed by atoms with Gasteiger partial charge in [0.1, 0.15) is 12.1 Å². The zero-order valence-electron chi connectivity index (χ0n) is 23.5. The fraction of sp³-hybridized carbons (Fsp3) is 0.679. The van der Waals surface area contributed by atoms with Gasteiger partial charge in [-0.1, -0.05) is 71.9 Å². The number of rotatable bonds is 16. The molecule has 37 heavy (non-hydrogen) atoms. The Hall–Kier alpha value is -2.49. The summed E-state index contributed by atoms with van der Waals surface area (Å²) in [6, 6.07) is 6.56. The minimum Gasteiger partial charge on any atom is -0.467 e. The van der Waals surface area contributed by atoms with E-state index in [4.69, 9.17) is 10.5 Å². The number of carbonyl (C=O) groups is 3. The van der Waals surface area contributed by atoms with E-state index in [2.05, 4.69) is 16.0 Å². The van der Waals surface area contributed by atoms with Crippen LogP contribution in [0.15, 0.2) is 30.3 Å². The van der Waals surface area contributed by atoms with Gasteiger partial charge in [0.2, 0.25) is 11.8 Å². The number of aliphatic hydroxyl groups excluding tert-OH is 1. The zero-order valence-corrected chi connectivity index (χ0v) is 23.5. The first kappa shape index (κ1) is 32.5. The smallest absolute Gasteiger partial charge is 0.328 e. The van der Waals surface area contributed by atoms with Crippen LogP contribution in [0.1, 0.15) is 59.9 Å². The highest BCUT2D eigenvalue weighted by atomic mass is 16.5. The quantitative estimate of drug-likeness (QED) is 0.209. The van der Waals surface area contributed by atoms with Gasteiger partial charge in [-0.3, -0.25) is 9.59 Å². The molecular weight excluding hydrogens is 472 g/mol. The molecule has 210 valence electrons. The SMILES string of the molecule is COC(=O)[C@H](Cc1ccccc1)NC(=O)[C@@H](NC(=O)[C@H](CC(C)C)NCC(O)[C@@H](N)CC(C)C)C(C)C. The van der Waals surface area contributed by atoms with E-state index in [9.17, 15) is 19.5 Å². The Bertz CT molecular complexity index is 831. The van der Waals surface area contributed by atoms with Crippen LogP contribution in [-0.4, -0.2) is 66.8 Å². The number of nitrogens with one attached hydrogen (secondary N) is 3. The molecule has 0 saturated heterocycles. The number of hydrogen-bond acceptors (Lipinski definition) is 7. The van der Waals surface area contributed by atoms with Crippen LogP contribution in [0.5, 0.6) is 0 Å². The van der Waals surface area contributed by atoms with Crippen molar-refractivity contribution in [2.24, 2.45) is 23.5 Å². The summed E-state index contributed by atoms with van der Waals surface area (Å²) >= 11 is 0. The summed E-state index contributed by atoms with van der Waals surface area (Å²) in [5.41, 5.74) is 6.97. The summed E-state index contributed by atoms with van der Waals surface area (Å²) in [7, 11) is 1.28. The molecule has 6 N–H and O–H groups in total. The Morgan fingerprint density at radius 3 is 2.00 bits per heavy atom. The van der Waals surface area contributed by atoms with Gasteiger partial charge in [-0.25, -0.2) is 4.79 Å². The topological polar surface area (TPSA) is 143 Å². The van der Waals surface area contributed by atoms with Crippen LogP contribution >= 0.6 is 0 Å². The van der Waals surface area contributed by atoms with Crippen LogP contribution in [0.2, 0.25) is 0 Å². The van der Waals surface area contributed by atoms with E-state index in [1.165, 1.54) is 7.11 Å². The molecular formula is C28H48N4O5. The van der Waals surface area contributed by atoms with Crippen molar-refractivity contribution in [1.29, 1.82) is 0 Å². The number of hydrogen-bond donors (Lipinski definition) is 5. The van der Waals surface area contributed by atoms with Crippen molar-refractivity contribution in [3.63, 3.8) is 0 Å². The maximum absolute atomic E-state index is 13.3. The first-order valence-corrected chi connectivity index (χ1v) is 13.2. The van der Waals surface area contributed by atoms with Crippen LogP contribution in [0.25, 0.3) is 0 Å². The molecule has 9 heteroatoms. The minimum atomic E-state index is -0.889. The number of ether oxygens (including phenoxy) is 1. The molecule has 0 aliphatic rings. The Morgan fingerprint density at radius 2 is 1.49 bits per heavy atom. The van der Waals surface area contributed by atoms with Crippen molar-refractivity contribution in [3.8, 4) is 0 Å². The molecule has 0 bridgehead atoms. The number of carbonyl (C=O) groups excluding carboxylic acids is 3. The molecule has 0 saturated carbocycles. The molecule has 0 aromatic heterocycles. The highest BCUT2D eigenvalue weighted by Gasteiger charge is 2.32. The largest absolute Gasteiger partial charge is 0.467 e. The van der Waals surface area contributed by atoms with Gasteiger partial charge in [0.05, 0.1) is 19.3 Å². The molecule has 0 radical (unpaired) electrons. The van der Waals surface area contributed by atoms with Crippen molar-refractivity contribution in [1.82, 2.24) is 16.0 Å². The van der Waals surface area contributed by atoms with Crippen molar-refractivity contribution in [2.75, 3.05) is 13.7 Å². The van der Waals surface area contributed by atoms with Gasteiger partial charge in [-0.2, -0.15) is 0 Å². The Labute approximate surface area is 222 Å². The van der Waals surface area contributed by atoms with Crippen molar-refractivity contribution in [3.05, 3.63) is 35.9 Å². The van der Waals surface area contributed by atoms with Gasteiger partial charge in [-0.15, -0.1) is 0 Å². The van der Waals surface area contributed by atoms with E-state index in [1.54, 1.807) is 0 Å². The summed E-state index contributed by atoms with van der Waals surface area (Å²) in [5, 5.41) is 19.2. The van der Waals surface area contributed by atoms with Gasteiger partial charge < -0.3 is 31.5 Å². The highest BCUT2D eigenvalue weighted by molar-refractivity contribution is 5.92. The molecule has 1 unspecified atom stereocenters. The first-order chi connectivity index (χ1) is 17.3. The van der Waals surface area contributed by atoms with E-state index >= 15 is 0 Å². The summed E-state index contributed by atoms with van der Waals surface area (Å²) in [6.07, 6.45) is 0.657. The fourth-order valence-corrected chi connectivity index (χ4v) is 4.11. The molecule has 0 spiro atoms. The maximum Gasteiger partial charge on any atom is 0.328 e. The third-order valence-corrected chi connectivity index (χ3v) is 6.17. The highest BCUT2D eigenvalue weighted by Crippen LogP contribution is 2.11. The normalized spacial score (nSPS) is 15.7. The van der Waals surface area contributed by atoms with Crippen LogP contribution in [0.4, 0.5) is 0 Å². The lowest BCUT2D eigenvalue weighted by Crippen LogP contribution is -2.58. The van der Waals surface area contributed by atoms with Gasteiger partial charge in [-0.05, 0) is 36.2 Å². The second-order valence-corrected chi connectivity index (χ2v) is 11.0. The van der Waals surface area contributed by atoms with Crippen molar-refractivity contribution >= 4 is 17.8 Å². The molecule has 0 aliphatic heterocycles. The number of aliphatic hydroxyl groups is 1. The van der Waals surface area contributed by atoms with Crippen LogP contribution in [0.3, 0.4) is 0 Å². The molecule has 5 atom stereocenters. The molecule has 9 nitrogen and oxygen atoms in total. The predicted molar refractivity (Wildman–Crippen MR) is 146 cm³/mol. The van der Waals surface area contributed by atoms with Gasteiger partial charge >= 0.3 is 5.97 Å². The van der Waals surface area contributed by atoms with Crippen molar-refractivity contribution in [2.45, 2.75) is 91.1 Å². The van der Waals surface area contributed by atoms with Gasteiger partial charge in [0, 0.05) is 19.0 Å². The van der Waals surface area contributed by atoms with Crippen LogP contribution < -0.4 is 21.7 Å². The van der Waals surface area contributed by atoms with Gasteiger partial charge in [0.25, 0.3) is 0 Å². The molecule has 1 aromatic carbocycles. The van der Waals surface area contributed by atoms with E-state index in [-0.39, 0.29) is 30.7 Å². The summed E-state index contributed by atoms with van der Waals surface area (Å²) in [6.45, 7) is 11.9. The minimum absolute atomic E-state index is 0.165. The number of benzene rings is 1.